The number of hydrogen-bond acceptors (Lipinski definition) is 3. The molecule has 1 heterocycles. The average Bonchev–Trinajstić information content (AvgIpc) is 3.03. The number of carbonyl (C=O) groups excluding carboxylic acids is 1. The number of aryl methyl sites for hydroxylation is 4. The second kappa shape index (κ2) is 8.08. The van der Waals surface area contributed by atoms with Crippen LogP contribution in [-0.2, 0) is 13.2 Å². The minimum absolute atomic E-state index is 0.158. The summed E-state index contributed by atoms with van der Waals surface area (Å²) in [6.45, 7) is 9.04. The molecule has 3 aromatic rings. The standard InChI is InChI=1S/C22H25N3O2/c1-5-25-21(13-17(4)24-25)22(26)23-20-10-9-19(12-16(20)3)27-14-18-8-6-7-15(2)11-18/h6-13H,5,14H2,1-4H3,(H,23,26). The number of hydrogen-bond donors (Lipinski definition) is 1. The van der Waals surface area contributed by atoms with E-state index >= 15 is 0 Å². The van der Waals surface area contributed by atoms with Crippen LogP contribution in [0.1, 0.15) is 39.8 Å². The molecule has 2 aromatic carbocycles. The number of ether oxygens (including phenoxy) is 1. The topological polar surface area (TPSA) is 56.2 Å². The predicted molar refractivity (Wildman–Crippen MR) is 107 cm³/mol. The van der Waals surface area contributed by atoms with Crippen LogP contribution in [-0.4, -0.2) is 15.7 Å². The van der Waals surface area contributed by atoms with Crippen molar-refractivity contribution in [1.82, 2.24) is 9.78 Å². The Kier molecular flexibility index (Phi) is 5.60. The summed E-state index contributed by atoms with van der Waals surface area (Å²) >= 11 is 0. The van der Waals surface area contributed by atoms with Gasteiger partial charge in [-0.1, -0.05) is 29.8 Å². The van der Waals surface area contributed by atoms with Crippen molar-refractivity contribution in [2.24, 2.45) is 0 Å². The van der Waals surface area contributed by atoms with Gasteiger partial charge in [-0.25, -0.2) is 0 Å². The maximum absolute atomic E-state index is 12.6. The fourth-order valence-corrected chi connectivity index (χ4v) is 2.99. The van der Waals surface area contributed by atoms with Crippen LogP contribution in [0.5, 0.6) is 5.75 Å². The van der Waals surface area contributed by atoms with Gasteiger partial charge in [0.25, 0.3) is 5.91 Å². The Balaban J connectivity index is 1.68. The highest BCUT2D eigenvalue weighted by Crippen LogP contribution is 2.23. The molecular formula is C22H25N3O2. The highest BCUT2D eigenvalue weighted by molar-refractivity contribution is 6.03. The lowest BCUT2D eigenvalue weighted by Crippen LogP contribution is -2.17. The lowest BCUT2D eigenvalue weighted by Gasteiger charge is -2.12. The molecule has 0 radical (unpaired) electrons. The molecule has 0 aliphatic carbocycles. The number of nitrogens with zero attached hydrogens (tertiary/aromatic N) is 2. The summed E-state index contributed by atoms with van der Waals surface area (Å²) in [4.78, 5) is 12.6. The van der Waals surface area contributed by atoms with E-state index in [0.717, 1.165) is 28.3 Å². The minimum atomic E-state index is -0.158. The summed E-state index contributed by atoms with van der Waals surface area (Å²) in [5.74, 6) is 0.621. The average molecular weight is 363 g/mol. The Hall–Kier alpha value is -3.08. The molecule has 1 N–H and O–H groups in total. The summed E-state index contributed by atoms with van der Waals surface area (Å²) in [6, 6.07) is 15.7. The second-order valence-electron chi connectivity index (χ2n) is 6.70. The molecule has 1 aromatic heterocycles. The highest BCUT2D eigenvalue weighted by atomic mass is 16.5. The molecule has 5 nitrogen and oxygen atoms in total. The van der Waals surface area contributed by atoms with E-state index in [4.69, 9.17) is 4.74 Å². The molecule has 27 heavy (non-hydrogen) atoms. The van der Waals surface area contributed by atoms with Crippen molar-refractivity contribution in [3.05, 3.63) is 76.6 Å². The zero-order valence-corrected chi connectivity index (χ0v) is 16.2. The van der Waals surface area contributed by atoms with Crippen LogP contribution in [0.4, 0.5) is 5.69 Å². The van der Waals surface area contributed by atoms with E-state index < -0.39 is 0 Å². The molecular weight excluding hydrogens is 338 g/mol. The first-order valence-electron chi connectivity index (χ1n) is 9.11. The third kappa shape index (κ3) is 4.56. The van der Waals surface area contributed by atoms with E-state index in [1.165, 1.54) is 5.56 Å². The molecule has 0 saturated carbocycles. The molecule has 0 bridgehead atoms. The van der Waals surface area contributed by atoms with E-state index in [0.29, 0.717) is 18.8 Å². The Labute approximate surface area is 160 Å². The monoisotopic (exact) mass is 363 g/mol. The largest absolute Gasteiger partial charge is 0.489 e. The van der Waals surface area contributed by atoms with Crippen LogP contribution in [0.2, 0.25) is 0 Å². The molecule has 0 spiro atoms. The third-order valence-electron chi connectivity index (χ3n) is 4.37. The van der Waals surface area contributed by atoms with Gasteiger partial charge in [0.2, 0.25) is 0 Å². The summed E-state index contributed by atoms with van der Waals surface area (Å²) in [7, 11) is 0. The fourth-order valence-electron chi connectivity index (χ4n) is 2.99. The number of amides is 1. The molecule has 3 rings (SSSR count). The van der Waals surface area contributed by atoms with E-state index in [2.05, 4.69) is 29.5 Å². The SMILES string of the molecule is CCn1nc(C)cc1C(=O)Nc1ccc(OCc2cccc(C)c2)cc1C. The van der Waals surface area contributed by atoms with Crippen LogP contribution in [0.15, 0.2) is 48.5 Å². The number of carbonyl (C=O) groups is 1. The van der Waals surface area contributed by atoms with Crippen LogP contribution >= 0.6 is 0 Å². The zero-order valence-electron chi connectivity index (χ0n) is 16.2. The van der Waals surface area contributed by atoms with Crippen molar-refractivity contribution in [3.63, 3.8) is 0 Å². The Morgan fingerprint density at radius 2 is 1.93 bits per heavy atom. The summed E-state index contributed by atoms with van der Waals surface area (Å²) in [6.07, 6.45) is 0. The van der Waals surface area contributed by atoms with Crippen molar-refractivity contribution in [3.8, 4) is 5.75 Å². The van der Waals surface area contributed by atoms with Crippen molar-refractivity contribution < 1.29 is 9.53 Å². The number of nitrogens with one attached hydrogen (secondary N) is 1. The van der Waals surface area contributed by atoms with Gasteiger partial charge in [0.1, 0.15) is 18.1 Å². The Bertz CT molecular complexity index is 960. The van der Waals surface area contributed by atoms with Gasteiger partial charge in [-0.05, 0) is 63.1 Å². The lowest BCUT2D eigenvalue weighted by molar-refractivity contribution is 0.101. The number of rotatable bonds is 6. The molecule has 5 heteroatoms. The van der Waals surface area contributed by atoms with Gasteiger partial charge in [0.05, 0.1) is 5.69 Å². The minimum Gasteiger partial charge on any atom is -0.489 e. The van der Waals surface area contributed by atoms with Crippen molar-refractivity contribution >= 4 is 11.6 Å². The van der Waals surface area contributed by atoms with Crippen LogP contribution in [0.3, 0.4) is 0 Å². The third-order valence-corrected chi connectivity index (χ3v) is 4.37. The first kappa shape index (κ1) is 18.7. The summed E-state index contributed by atoms with van der Waals surface area (Å²) in [5.41, 5.74) is 5.46. The molecule has 1 amide bonds. The number of benzene rings is 2. The molecule has 0 aliphatic heterocycles. The van der Waals surface area contributed by atoms with Crippen molar-refractivity contribution in [2.75, 3.05) is 5.32 Å². The zero-order chi connectivity index (χ0) is 19.4. The maximum atomic E-state index is 12.6. The van der Waals surface area contributed by atoms with E-state index in [9.17, 15) is 4.79 Å². The van der Waals surface area contributed by atoms with Crippen molar-refractivity contribution in [1.29, 1.82) is 0 Å². The summed E-state index contributed by atoms with van der Waals surface area (Å²) in [5, 5.41) is 7.29. The first-order valence-corrected chi connectivity index (χ1v) is 9.11. The van der Waals surface area contributed by atoms with Crippen LogP contribution < -0.4 is 10.1 Å². The molecule has 0 saturated heterocycles. The van der Waals surface area contributed by atoms with Crippen LogP contribution in [0, 0.1) is 20.8 Å². The lowest BCUT2D eigenvalue weighted by atomic mass is 10.1. The fraction of sp³-hybridized carbons (Fsp3) is 0.273. The molecule has 0 unspecified atom stereocenters. The van der Waals surface area contributed by atoms with E-state index in [1.807, 2.05) is 51.1 Å². The van der Waals surface area contributed by atoms with E-state index in [-0.39, 0.29) is 5.91 Å². The second-order valence-corrected chi connectivity index (χ2v) is 6.70. The summed E-state index contributed by atoms with van der Waals surface area (Å²) < 4.78 is 7.59. The van der Waals surface area contributed by atoms with Gasteiger partial charge >= 0.3 is 0 Å². The molecule has 0 aliphatic rings. The smallest absolute Gasteiger partial charge is 0.273 e. The molecule has 0 atom stereocenters. The molecule has 0 fully saturated rings. The van der Waals surface area contributed by atoms with Gasteiger partial charge in [-0.2, -0.15) is 5.10 Å². The molecule has 140 valence electrons. The quantitative estimate of drug-likeness (QED) is 0.693. The van der Waals surface area contributed by atoms with Crippen molar-refractivity contribution in [2.45, 2.75) is 40.8 Å². The van der Waals surface area contributed by atoms with Gasteiger partial charge in [-0.3, -0.25) is 9.48 Å². The van der Waals surface area contributed by atoms with Gasteiger partial charge in [-0.15, -0.1) is 0 Å². The first-order chi connectivity index (χ1) is 13.0. The van der Waals surface area contributed by atoms with Gasteiger partial charge in [0.15, 0.2) is 0 Å². The van der Waals surface area contributed by atoms with E-state index in [1.54, 1.807) is 10.7 Å². The number of aromatic nitrogens is 2. The van der Waals surface area contributed by atoms with Gasteiger partial charge in [0, 0.05) is 12.2 Å². The highest BCUT2D eigenvalue weighted by Gasteiger charge is 2.14. The predicted octanol–water partition coefficient (Wildman–Crippen LogP) is 4.66. The normalized spacial score (nSPS) is 10.7. The maximum Gasteiger partial charge on any atom is 0.273 e. The number of anilines is 1. The van der Waals surface area contributed by atoms with Gasteiger partial charge < -0.3 is 10.1 Å². The Morgan fingerprint density at radius 3 is 2.63 bits per heavy atom. The van der Waals surface area contributed by atoms with Crippen LogP contribution in [0.25, 0.3) is 0 Å². The Morgan fingerprint density at radius 1 is 1.11 bits per heavy atom.